The molecule has 2 heterocycles. The summed E-state index contributed by atoms with van der Waals surface area (Å²) < 4.78 is 8.58. The Morgan fingerprint density at radius 3 is 2.71 bits per heavy atom. The fraction of sp³-hybridized carbons (Fsp3) is 0.167. The van der Waals surface area contributed by atoms with Crippen molar-refractivity contribution < 1.29 is 9.53 Å². The SMILES string of the molecule is C=CCN1C(=O)C(=Cc2cn(CCCOc3ccc(Cl)cc3)c3ccccc23)SC1=S. The molecule has 7 heteroatoms. The van der Waals surface area contributed by atoms with Crippen LogP contribution in [0.3, 0.4) is 0 Å². The van der Waals surface area contributed by atoms with E-state index in [-0.39, 0.29) is 5.91 Å². The molecule has 3 aromatic rings. The summed E-state index contributed by atoms with van der Waals surface area (Å²) in [6.07, 6.45) is 6.56. The highest BCUT2D eigenvalue weighted by Gasteiger charge is 2.31. The lowest BCUT2D eigenvalue weighted by Gasteiger charge is -2.10. The summed E-state index contributed by atoms with van der Waals surface area (Å²) in [5, 5.41) is 1.80. The number of hydrogen-bond acceptors (Lipinski definition) is 4. The van der Waals surface area contributed by atoms with Gasteiger partial charge in [0.05, 0.1) is 11.5 Å². The molecule has 158 valence electrons. The molecular formula is C24H21ClN2O2S2. The van der Waals surface area contributed by atoms with E-state index in [4.69, 9.17) is 28.6 Å². The van der Waals surface area contributed by atoms with E-state index in [1.165, 1.54) is 11.8 Å². The van der Waals surface area contributed by atoms with Crippen LogP contribution in [0.5, 0.6) is 5.75 Å². The van der Waals surface area contributed by atoms with E-state index in [1.807, 2.05) is 42.5 Å². The van der Waals surface area contributed by atoms with Crippen molar-refractivity contribution in [2.24, 2.45) is 0 Å². The second-order valence-corrected chi connectivity index (χ2v) is 9.14. The minimum atomic E-state index is -0.0666. The van der Waals surface area contributed by atoms with Crippen LogP contribution in [0.15, 0.2) is 72.3 Å². The first-order valence-electron chi connectivity index (χ1n) is 9.89. The van der Waals surface area contributed by atoms with Crippen LogP contribution in [0.1, 0.15) is 12.0 Å². The molecule has 0 atom stereocenters. The van der Waals surface area contributed by atoms with Crippen LogP contribution in [0.2, 0.25) is 5.02 Å². The van der Waals surface area contributed by atoms with Crippen LogP contribution in [0.25, 0.3) is 17.0 Å². The third-order valence-electron chi connectivity index (χ3n) is 4.92. The van der Waals surface area contributed by atoms with Crippen LogP contribution in [-0.4, -0.2) is 32.8 Å². The van der Waals surface area contributed by atoms with Crippen molar-refractivity contribution in [1.82, 2.24) is 9.47 Å². The number of thiocarbonyl (C=S) groups is 1. The lowest BCUT2D eigenvalue weighted by atomic mass is 10.1. The van der Waals surface area contributed by atoms with E-state index in [9.17, 15) is 4.79 Å². The molecule has 1 amide bonds. The van der Waals surface area contributed by atoms with Gasteiger partial charge in [-0.25, -0.2) is 0 Å². The summed E-state index contributed by atoms with van der Waals surface area (Å²) in [5.74, 6) is 0.743. The highest BCUT2D eigenvalue weighted by molar-refractivity contribution is 8.26. The Bertz CT molecular complexity index is 1170. The molecule has 1 saturated heterocycles. The Morgan fingerprint density at radius 2 is 1.94 bits per heavy atom. The van der Waals surface area contributed by atoms with Crippen LogP contribution in [-0.2, 0) is 11.3 Å². The summed E-state index contributed by atoms with van der Waals surface area (Å²) in [6, 6.07) is 15.6. The fourth-order valence-corrected chi connectivity index (χ4v) is 4.85. The van der Waals surface area contributed by atoms with Crippen molar-refractivity contribution >= 4 is 62.8 Å². The largest absolute Gasteiger partial charge is 0.494 e. The Kier molecular flexibility index (Phi) is 6.80. The van der Waals surface area contributed by atoms with Gasteiger partial charge >= 0.3 is 0 Å². The number of hydrogen-bond donors (Lipinski definition) is 0. The molecule has 0 spiro atoms. The number of halogens is 1. The van der Waals surface area contributed by atoms with Gasteiger partial charge in [-0.15, -0.1) is 6.58 Å². The van der Waals surface area contributed by atoms with Crippen LogP contribution in [0, 0.1) is 0 Å². The lowest BCUT2D eigenvalue weighted by Crippen LogP contribution is -2.27. The number of thioether (sulfide) groups is 1. The molecular weight excluding hydrogens is 448 g/mol. The first-order chi connectivity index (χ1) is 15.1. The number of carbonyl (C=O) groups is 1. The van der Waals surface area contributed by atoms with Crippen LogP contribution in [0.4, 0.5) is 0 Å². The zero-order valence-electron chi connectivity index (χ0n) is 16.8. The Morgan fingerprint density at radius 1 is 1.16 bits per heavy atom. The van der Waals surface area contributed by atoms with E-state index in [2.05, 4.69) is 29.5 Å². The second kappa shape index (κ2) is 9.73. The second-order valence-electron chi connectivity index (χ2n) is 7.03. The molecule has 0 unspecified atom stereocenters. The highest BCUT2D eigenvalue weighted by Crippen LogP contribution is 2.34. The van der Waals surface area contributed by atoms with Gasteiger partial charge < -0.3 is 9.30 Å². The van der Waals surface area contributed by atoms with Crippen molar-refractivity contribution in [3.8, 4) is 5.75 Å². The summed E-state index contributed by atoms with van der Waals surface area (Å²) in [7, 11) is 0. The fourth-order valence-electron chi connectivity index (χ4n) is 3.46. The molecule has 1 aliphatic rings. The predicted octanol–water partition coefficient (Wildman–Crippen LogP) is 6.15. The molecule has 1 aliphatic heterocycles. The Balaban J connectivity index is 1.50. The Hall–Kier alpha value is -2.54. The third-order valence-corrected chi connectivity index (χ3v) is 6.55. The number of aromatic nitrogens is 1. The maximum Gasteiger partial charge on any atom is 0.266 e. The molecule has 31 heavy (non-hydrogen) atoms. The lowest BCUT2D eigenvalue weighted by molar-refractivity contribution is -0.121. The van der Waals surface area contributed by atoms with Gasteiger partial charge in [-0.3, -0.25) is 9.69 Å². The van der Waals surface area contributed by atoms with Crippen molar-refractivity contribution in [2.75, 3.05) is 13.2 Å². The summed E-state index contributed by atoms with van der Waals surface area (Å²) in [6.45, 7) is 5.54. The molecule has 0 radical (unpaired) electrons. The monoisotopic (exact) mass is 468 g/mol. The Labute approximate surface area is 196 Å². The number of amides is 1. The quantitative estimate of drug-likeness (QED) is 0.172. The number of nitrogens with zero attached hydrogens (tertiary/aromatic N) is 2. The predicted molar refractivity (Wildman–Crippen MR) is 134 cm³/mol. The topological polar surface area (TPSA) is 34.5 Å². The van der Waals surface area contributed by atoms with E-state index >= 15 is 0 Å². The molecule has 1 aromatic heterocycles. The van der Waals surface area contributed by atoms with Gasteiger partial charge in [0.15, 0.2) is 0 Å². The van der Waals surface area contributed by atoms with Gasteiger partial charge in [0.1, 0.15) is 10.1 Å². The van der Waals surface area contributed by atoms with Crippen molar-refractivity contribution in [3.05, 3.63) is 82.9 Å². The average molecular weight is 469 g/mol. The number of benzene rings is 2. The molecule has 0 saturated carbocycles. The number of aryl methyl sites for hydroxylation is 1. The molecule has 2 aromatic carbocycles. The van der Waals surface area contributed by atoms with E-state index in [0.29, 0.717) is 27.4 Å². The average Bonchev–Trinajstić information content (AvgIpc) is 3.25. The zero-order chi connectivity index (χ0) is 21.8. The van der Waals surface area contributed by atoms with E-state index in [1.54, 1.807) is 11.0 Å². The van der Waals surface area contributed by atoms with Gasteiger partial charge in [-0.2, -0.15) is 0 Å². The number of fused-ring (bicyclic) bond motifs is 1. The summed E-state index contributed by atoms with van der Waals surface area (Å²) in [4.78, 5) is 14.9. The number of ether oxygens (including phenoxy) is 1. The molecule has 0 N–H and O–H groups in total. The van der Waals surface area contributed by atoms with Gasteiger partial charge in [-0.05, 0) is 42.8 Å². The molecule has 0 aliphatic carbocycles. The van der Waals surface area contributed by atoms with Crippen molar-refractivity contribution in [1.29, 1.82) is 0 Å². The maximum atomic E-state index is 12.7. The minimum Gasteiger partial charge on any atom is -0.494 e. The molecule has 4 rings (SSSR count). The molecule has 1 fully saturated rings. The number of carbonyl (C=O) groups excluding carboxylic acids is 1. The summed E-state index contributed by atoms with van der Waals surface area (Å²) >= 11 is 12.6. The minimum absolute atomic E-state index is 0.0666. The van der Waals surface area contributed by atoms with Gasteiger partial charge in [0.25, 0.3) is 5.91 Å². The highest BCUT2D eigenvalue weighted by atomic mass is 35.5. The number of para-hydroxylation sites is 1. The number of rotatable bonds is 8. The van der Waals surface area contributed by atoms with Crippen molar-refractivity contribution in [3.63, 3.8) is 0 Å². The standard InChI is InChI=1S/C24H21ClN2O2S2/c1-2-12-27-23(28)22(31-24(27)30)15-17-16-26(21-7-4-3-6-20(17)21)13-5-14-29-19-10-8-18(25)9-11-19/h2-4,6-11,15-16H,1,5,12-14H2. The van der Waals surface area contributed by atoms with Crippen molar-refractivity contribution in [2.45, 2.75) is 13.0 Å². The third kappa shape index (κ3) is 4.87. The van der Waals surface area contributed by atoms with E-state index < -0.39 is 0 Å². The van der Waals surface area contributed by atoms with Crippen LogP contribution >= 0.6 is 35.6 Å². The van der Waals surface area contributed by atoms with Gasteiger partial charge in [0.2, 0.25) is 0 Å². The zero-order valence-corrected chi connectivity index (χ0v) is 19.2. The normalized spacial score (nSPS) is 15.3. The smallest absolute Gasteiger partial charge is 0.266 e. The first-order valence-corrected chi connectivity index (χ1v) is 11.5. The first kappa shape index (κ1) is 21.7. The van der Waals surface area contributed by atoms with E-state index in [0.717, 1.165) is 35.2 Å². The summed E-state index contributed by atoms with van der Waals surface area (Å²) in [5.41, 5.74) is 2.13. The maximum absolute atomic E-state index is 12.7. The van der Waals surface area contributed by atoms with Gasteiger partial charge in [0, 0.05) is 40.8 Å². The van der Waals surface area contributed by atoms with Crippen LogP contribution < -0.4 is 4.74 Å². The molecule has 0 bridgehead atoms. The van der Waals surface area contributed by atoms with Gasteiger partial charge in [-0.1, -0.05) is 59.9 Å². The molecule has 4 nitrogen and oxygen atoms in total.